The van der Waals surface area contributed by atoms with Crippen LogP contribution in [0.4, 0.5) is 3.89 Å². The molecular formula is C12H15FN2O5S. The van der Waals surface area contributed by atoms with E-state index in [4.69, 9.17) is 5.11 Å². The molecule has 0 unspecified atom stereocenters. The number of carbonyl (C=O) groups excluding carboxylic acids is 1. The van der Waals surface area contributed by atoms with Crippen molar-refractivity contribution in [3.05, 3.63) is 18.0 Å². The van der Waals surface area contributed by atoms with Gasteiger partial charge in [0.25, 0.3) is 5.91 Å². The van der Waals surface area contributed by atoms with Gasteiger partial charge >= 0.3 is 16.2 Å². The number of H-pyrrole nitrogens is 1. The highest BCUT2D eigenvalue weighted by Gasteiger charge is 2.27. The number of aromatic amines is 1. The number of carbonyl (C=O) groups is 2. The van der Waals surface area contributed by atoms with E-state index in [-0.39, 0.29) is 17.7 Å². The van der Waals surface area contributed by atoms with E-state index in [2.05, 4.69) is 10.3 Å². The highest BCUT2D eigenvalue weighted by atomic mass is 32.3. The molecule has 1 aromatic rings. The maximum Gasteiger partial charge on any atom is 0.333 e. The lowest BCUT2D eigenvalue weighted by molar-refractivity contribution is -0.142. The Hall–Kier alpha value is -1.90. The minimum Gasteiger partial charge on any atom is -0.481 e. The molecule has 0 atom stereocenters. The molecule has 3 N–H and O–H groups in total. The normalized spacial score (nSPS) is 22.7. The number of halogens is 1. The Balaban J connectivity index is 1.94. The first-order valence-electron chi connectivity index (χ1n) is 6.44. The molecule has 0 aromatic carbocycles. The molecule has 1 amide bonds. The van der Waals surface area contributed by atoms with Gasteiger partial charge in [0.05, 0.1) is 5.92 Å². The molecule has 7 nitrogen and oxygen atoms in total. The molecule has 1 heterocycles. The fraction of sp³-hybridized carbons (Fsp3) is 0.500. The number of aromatic nitrogens is 1. The maximum absolute atomic E-state index is 12.7. The van der Waals surface area contributed by atoms with E-state index in [1.165, 1.54) is 0 Å². The summed E-state index contributed by atoms with van der Waals surface area (Å²) in [5, 5.41) is 11.6. The minimum absolute atomic E-state index is 0.0495. The first-order chi connectivity index (χ1) is 9.77. The second-order valence-electron chi connectivity index (χ2n) is 5.05. The number of rotatable bonds is 4. The largest absolute Gasteiger partial charge is 0.481 e. The molecule has 9 heteroatoms. The van der Waals surface area contributed by atoms with E-state index in [1.54, 1.807) is 0 Å². The van der Waals surface area contributed by atoms with Gasteiger partial charge in [-0.25, -0.2) is 0 Å². The van der Waals surface area contributed by atoms with Gasteiger partial charge in [0.2, 0.25) is 0 Å². The Kier molecular flexibility index (Phi) is 4.31. The van der Waals surface area contributed by atoms with E-state index in [0.717, 1.165) is 12.3 Å². The highest BCUT2D eigenvalue weighted by Crippen LogP contribution is 2.24. The highest BCUT2D eigenvalue weighted by molar-refractivity contribution is 7.86. The Morgan fingerprint density at radius 1 is 1.29 bits per heavy atom. The molecule has 0 radical (unpaired) electrons. The Bertz CT molecular complexity index is 646. The zero-order valence-corrected chi connectivity index (χ0v) is 11.8. The molecule has 0 aliphatic heterocycles. The number of carboxylic acid groups (broad SMARTS) is 1. The summed E-state index contributed by atoms with van der Waals surface area (Å²) in [6, 6.07) is 0.759. The number of hydrogen-bond donors (Lipinski definition) is 3. The van der Waals surface area contributed by atoms with Crippen LogP contribution < -0.4 is 5.32 Å². The average molecular weight is 318 g/mol. The Labute approximate surface area is 120 Å². The molecule has 0 bridgehead atoms. The molecule has 1 aliphatic rings. The van der Waals surface area contributed by atoms with Gasteiger partial charge in [-0.05, 0) is 31.7 Å². The van der Waals surface area contributed by atoms with Crippen LogP contribution in [0, 0.1) is 5.92 Å². The van der Waals surface area contributed by atoms with E-state index in [0.29, 0.717) is 25.7 Å². The lowest BCUT2D eigenvalue weighted by atomic mass is 9.86. The quantitative estimate of drug-likeness (QED) is 0.717. The summed E-state index contributed by atoms with van der Waals surface area (Å²) in [4.78, 5) is 24.5. The van der Waals surface area contributed by atoms with Crippen molar-refractivity contribution in [2.24, 2.45) is 5.92 Å². The number of carboxylic acids is 1. The predicted molar refractivity (Wildman–Crippen MR) is 69.9 cm³/mol. The third kappa shape index (κ3) is 3.81. The van der Waals surface area contributed by atoms with Gasteiger partial charge in [0.15, 0.2) is 0 Å². The average Bonchev–Trinajstić information content (AvgIpc) is 2.88. The second-order valence-corrected chi connectivity index (χ2v) is 6.39. The Morgan fingerprint density at radius 2 is 1.90 bits per heavy atom. The third-order valence-corrected chi connectivity index (χ3v) is 4.39. The van der Waals surface area contributed by atoms with Crippen molar-refractivity contribution >= 4 is 22.1 Å². The number of amides is 1. The van der Waals surface area contributed by atoms with Crippen LogP contribution in [0.3, 0.4) is 0 Å². The molecule has 1 aromatic heterocycles. The van der Waals surface area contributed by atoms with Gasteiger partial charge in [-0.3, -0.25) is 9.59 Å². The van der Waals surface area contributed by atoms with E-state index >= 15 is 0 Å². The first kappa shape index (κ1) is 15.5. The minimum atomic E-state index is -4.84. The van der Waals surface area contributed by atoms with Crippen LogP contribution in [0.1, 0.15) is 36.2 Å². The number of aliphatic carboxylic acids is 1. The van der Waals surface area contributed by atoms with Crippen molar-refractivity contribution in [3.8, 4) is 0 Å². The van der Waals surface area contributed by atoms with E-state index in [9.17, 15) is 21.9 Å². The molecule has 1 aliphatic carbocycles. The molecule has 2 rings (SSSR count). The molecule has 1 fully saturated rings. The van der Waals surface area contributed by atoms with Crippen molar-refractivity contribution in [2.45, 2.75) is 36.6 Å². The lowest BCUT2D eigenvalue weighted by Gasteiger charge is -2.26. The SMILES string of the molecule is O=C(NC1CCC(C(=O)O)CC1)c1cc(S(=O)(=O)F)c[nH]1. The van der Waals surface area contributed by atoms with Gasteiger partial charge in [0, 0.05) is 12.2 Å². The summed E-state index contributed by atoms with van der Waals surface area (Å²) >= 11 is 0. The van der Waals surface area contributed by atoms with Crippen LogP contribution >= 0.6 is 0 Å². The summed E-state index contributed by atoms with van der Waals surface area (Å²) in [6.07, 6.45) is 2.95. The van der Waals surface area contributed by atoms with Crippen molar-refractivity contribution in [3.63, 3.8) is 0 Å². The molecule has 1 saturated carbocycles. The lowest BCUT2D eigenvalue weighted by Crippen LogP contribution is -2.38. The van der Waals surface area contributed by atoms with Crippen molar-refractivity contribution in [1.29, 1.82) is 0 Å². The molecule has 116 valence electrons. The second kappa shape index (κ2) is 5.84. The topological polar surface area (TPSA) is 116 Å². The fourth-order valence-corrected chi connectivity index (χ4v) is 2.85. The number of hydrogen-bond acceptors (Lipinski definition) is 4. The van der Waals surface area contributed by atoms with E-state index in [1.807, 2.05) is 0 Å². The Morgan fingerprint density at radius 3 is 2.38 bits per heavy atom. The summed E-state index contributed by atoms with van der Waals surface area (Å²) in [5.41, 5.74) is -0.0495. The summed E-state index contributed by atoms with van der Waals surface area (Å²) < 4.78 is 34.1. The summed E-state index contributed by atoms with van der Waals surface area (Å²) in [7, 11) is -4.84. The number of nitrogens with one attached hydrogen (secondary N) is 2. The molecular weight excluding hydrogens is 303 g/mol. The molecule has 0 spiro atoms. The summed E-state index contributed by atoms with van der Waals surface area (Å²) in [5.74, 6) is -1.75. The van der Waals surface area contributed by atoms with Gasteiger partial charge in [-0.1, -0.05) is 0 Å². The van der Waals surface area contributed by atoms with Crippen LogP contribution in [0.25, 0.3) is 0 Å². The third-order valence-electron chi connectivity index (χ3n) is 3.59. The smallest absolute Gasteiger partial charge is 0.333 e. The summed E-state index contributed by atoms with van der Waals surface area (Å²) in [6.45, 7) is 0. The van der Waals surface area contributed by atoms with Crippen LogP contribution in [0.2, 0.25) is 0 Å². The van der Waals surface area contributed by atoms with Crippen molar-refractivity contribution < 1.29 is 27.0 Å². The van der Waals surface area contributed by atoms with Gasteiger partial charge in [-0.15, -0.1) is 3.89 Å². The van der Waals surface area contributed by atoms with Gasteiger partial charge in [0.1, 0.15) is 10.6 Å². The van der Waals surface area contributed by atoms with Crippen LogP contribution in [-0.4, -0.2) is 36.4 Å². The molecule has 0 saturated heterocycles. The van der Waals surface area contributed by atoms with Crippen LogP contribution in [0.15, 0.2) is 17.2 Å². The first-order valence-corrected chi connectivity index (χ1v) is 7.82. The van der Waals surface area contributed by atoms with Crippen molar-refractivity contribution in [1.82, 2.24) is 10.3 Å². The molecule has 21 heavy (non-hydrogen) atoms. The van der Waals surface area contributed by atoms with E-state index < -0.39 is 27.0 Å². The van der Waals surface area contributed by atoms with Crippen LogP contribution in [0.5, 0.6) is 0 Å². The fourth-order valence-electron chi connectivity index (χ4n) is 2.39. The standard InChI is InChI=1S/C12H15FN2O5S/c13-21(19,20)9-5-10(14-6-9)11(16)15-8-3-1-7(2-4-8)12(17)18/h5-8,14H,1-4H2,(H,15,16)(H,17,18). The maximum atomic E-state index is 12.7. The predicted octanol–water partition coefficient (Wildman–Crippen LogP) is 1.05. The zero-order chi connectivity index (χ0) is 15.6. The monoisotopic (exact) mass is 318 g/mol. The van der Waals surface area contributed by atoms with Gasteiger partial charge in [-0.2, -0.15) is 8.42 Å². The zero-order valence-electron chi connectivity index (χ0n) is 11.0. The van der Waals surface area contributed by atoms with Crippen molar-refractivity contribution in [2.75, 3.05) is 0 Å². The van der Waals surface area contributed by atoms with Crippen LogP contribution in [-0.2, 0) is 15.0 Å². The van der Waals surface area contributed by atoms with Gasteiger partial charge < -0.3 is 15.4 Å².